The average Bonchev–Trinajstić information content (AvgIpc) is 3.20. The van der Waals surface area contributed by atoms with Crippen molar-refractivity contribution in [2.45, 2.75) is 40.5 Å². The number of benzene rings is 2. The van der Waals surface area contributed by atoms with Crippen molar-refractivity contribution in [3.05, 3.63) is 82.3 Å². The second-order valence-corrected chi connectivity index (χ2v) is 8.50. The van der Waals surface area contributed by atoms with Gasteiger partial charge in [0.1, 0.15) is 11.5 Å². The molecule has 30 heavy (non-hydrogen) atoms. The Hall–Kier alpha value is -1.84. The van der Waals surface area contributed by atoms with Crippen LogP contribution in [-0.2, 0) is 26.0 Å². The summed E-state index contributed by atoms with van der Waals surface area (Å²) >= 11 is 0.194. The number of hydrogen-bond donors (Lipinski definition) is 0. The molecule has 3 nitrogen and oxygen atoms in total. The standard InChI is InChI=1S/C24H26N2O.2ClH.Fe/c1-5-19-11-7-9-17(3)23(19)25-15-21-13-14-22(27-21)16-26-24-18(4)10-8-12-20(24)6-2;;;/h7-16H,5-6H2,1-4H3;2*1H;/q;;;+2/p-2. The second kappa shape index (κ2) is 12.8. The number of para-hydroxylation sites is 2. The minimum absolute atomic E-state index is 0.194. The van der Waals surface area contributed by atoms with Crippen molar-refractivity contribution in [3.63, 3.8) is 0 Å². The van der Waals surface area contributed by atoms with Crippen LogP contribution < -0.4 is 0 Å². The Morgan fingerprint density at radius 1 is 0.767 bits per heavy atom. The van der Waals surface area contributed by atoms with Crippen molar-refractivity contribution in [2.24, 2.45) is 9.98 Å². The van der Waals surface area contributed by atoms with Gasteiger partial charge in [0.2, 0.25) is 0 Å². The minimum atomic E-state index is 0.194. The predicted octanol–water partition coefficient (Wildman–Crippen LogP) is 7.90. The van der Waals surface area contributed by atoms with Crippen LogP contribution in [-0.4, -0.2) is 12.4 Å². The monoisotopic (exact) mass is 484 g/mol. The molecule has 6 heteroatoms. The SMILES string of the molecule is CCc1cccc(C)c1N=Cc1ccc(C=Nc2c(C)cccc2CC)o1.[Cl][Fe][Cl]. The van der Waals surface area contributed by atoms with Gasteiger partial charge < -0.3 is 4.42 Å². The molecule has 160 valence electrons. The zero-order valence-corrected chi connectivity index (χ0v) is 20.2. The van der Waals surface area contributed by atoms with Gasteiger partial charge in [0, 0.05) is 0 Å². The van der Waals surface area contributed by atoms with E-state index < -0.39 is 0 Å². The van der Waals surface area contributed by atoms with Crippen molar-refractivity contribution < 1.29 is 17.6 Å². The number of furan rings is 1. The second-order valence-electron chi connectivity index (χ2n) is 6.68. The predicted molar refractivity (Wildman–Crippen MR) is 126 cm³/mol. The molecule has 0 aliphatic carbocycles. The third-order valence-electron chi connectivity index (χ3n) is 4.69. The molecule has 1 heterocycles. The number of aliphatic imine (C=N–C) groups is 2. The molecule has 0 spiro atoms. The molecule has 1 aromatic heterocycles. The van der Waals surface area contributed by atoms with Gasteiger partial charge in [-0.1, -0.05) is 50.2 Å². The van der Waals surface area contributed by atoms with E-state index in [1.807, 2.05) is 12.1 Å². The van der Waals surface area contributed by atoms with Crippen LogP contribution in [0.25, 0.3) is 0 Å². The average molecular weight is 485 g/mol. The van der Waals surface area contributed by atoms with Gasteiger partial charge in [0.25, 0.3) is 0 Å². The summed E-state index contributed by atoms with van der Waals surface area (Å²) in [6.07, 6.45) is 5.48. The number of hydrogen-bond acceptors (Lipinski definition) is 3. The maximum atomic E-state index is 5.86. The van der Waals surface area contributed by atoms with Crippen LogP contribution in [0.1, 0.15) is 47.6 Å². The van der Waals surface area contributed by atoms with E-state index in [9.17, 15) is 0 Å². The van der Waals surface area contributed by atoms with E-state index in [1.165, 1.54) is 22.3 Å². The molecule has 0 amide bonds. The van der Waals surface area contributed by atoms with Crippen molar-refractivity contribution in [1.29, 1.82) is 0 Å². The van der Waals surface area contributed by atoms with Gasteiger partial charge in [-0.2, -0.15) is 0 Å². The maximum absolute atomic E-state index is 5.86. The Morgan fingerprint density at radius 3 is 1.53 bits per heavy atom. The van der Waals surface area contributed by atoms with Gasteiger partial charge in [-0.05, 0) is 61.1 Å². The normalized spacial score (nSPS) is 11.3. The summed E-state index contributed by atoms with van der Waals surface area (Å²) in [5.41, 5.74) is 6.88. The Balaban J connectivity index is 0.00000101. The fourth-order valence-corrected chi connectivity index (χ4v) is 3.14. The first-order valence-electron chi connectivity index (χ1n) is 9.74. The van der Waals surface area contributed by atoms with Crippen LogP contribution >= 0.6 is 20.2 Å². The molecule has 0 saturated heterocycles. The first kappa shape index (κ1) is 24.4. The molecule has 0 unspecified atom stereocenters. The van der Waals surface area contributed by atoms with Gasteiger partial charge in [-0.25, -0.2) is 0 Å². The number of aryl methyl sites for hydroxylation is 4. The summed E-state index contributed by atoms with van der Waals surface area (Å²) in [7, 11) is 9.53. The van der Waals surface area contributed by atoms with E-state index in [4.69, 9.17) is 24.6 Å². The van der Waals surface area contributed by atoms with Crippen molar-refractivity contribution in [2.75, 3.05) is 0 Å². The van der Waals surface area contributed by atoms with E-state index in [0.29, 0.717) is 0 Å². The van der Waals surface area contributed by atoms with Crippen molar-refractivity contribution in [1.82, 2.24) is 0 Å². The third kappa shape index (κ3) is 6.85. The summed E-state index contributed by atoms with van der Waals surface area (Å²) < 4.78 is 5.86. The topological polar surface area (TPSA) is 37.9 Å². The Kier molecular flexibility index (Phi) is 10.4. The van der Waals surface area contributed by atoms with E-state index in [1.54, 1.807) is 12.4 Å². The fraction of sp³-hybridized carbons (Fsp3) is 0.250. The Bertz CT molecular complexity index is 934. The Morgan fingerprint density at radius 2 is 1.17 bits per heavy atom. The van der Waals surface area contributed by atoms with Crippen LogP contribution in [0.5, 0.6) is 0 Å². The van der Waals surface area contributed by atoms with Gasteiger partial charge in [0.15, 0.2) is 0 Å². The van der Waals surface area contributed by atoms with Crippen molar-refractivity contribution >= 4 is 44.0 Å². The molecule has 0 bridgehead atoms. The molecule has 0 radical (unpaired) electrons. The van der Waals surface area contributed by atoms with Crippen LogP contribution in [0.15, 0.2) is 62.9 Å². The molecule has 0 fully saturated rings. The summed E-state index contributed by atoms with van der Waals surface area (Å²) in [5.74, 6) is 1.45. The summed E-state index contributed by atoms with van der Waals surface area (Å²) in [6, 6.07) is 16.4. The Labute approximate surface area is 193 Å². The van der Waals surface area contributed by atoms with E-state index in [0.717, 1.165) is 35.7 Å². The molecule has 2 aromatic carbocycles. The molecule has 0 aliphatic rings. The quantitative estimate of drug-likeness (QED) is 0.258. The number of rotatable bonds is 6. The number of nitrogens with zero attached hydrogens (tertiary/aromatic N) is 2. The van der Waals surface area contributed by atoms with E-state index in [2.05, 4.69) is 74.1 Å². The fourth-order valence-electron chi connectivity index (χ4n) is 3.14. The molecule has 0 atom stereocenters. The molecule has 3 aromatic rings. The zero-order valence-electron chi connectivity index (χ0n) is 17.6. The van der Waals surface area contributed by atoms with Gasteiger partial charge in [-0.3, -0.25) is 9.98 Å². The van der Waals surface area contributed by atoms with Gasteiger partial charge >= 0.3 is 33.3 Å². The van der Waals surface area contributed by atoms with Gasteiger partial charge in [-0.15, -0.1) is 0 Å². The molecular weight excluding hydrogens is 459 g/mol. The molecule has 0 aliphatic heterocycles. The summed E-state index contributed by atoms with van der Waals surface area (Å²) in [4.78, 5) is 9.31. The summed E-state index contributed by atoms with van der Waals surface area (Å²) in [5, 5.41) is 0. The third-order valence-corrected chi connectivity index (χ3v) is 4.69. The van der Waals surface area contributed by atoms with Crippen molar-refractivity contribution in [3.8, 4) is 0 Å². The van der Waals surface area contributed by atoms with Crippen LogP contribution in [0.4, 0.5) is 11.4 Å². The van der Waals surface area contributed by atoms with Gasteiger partial charge in [0.05, 0.1) is 23.8 Å². The van der Waals surface area contributed by atoms with Crippen LogP contribution in [0.3, 0.4) is 0 Å². The molecule has 0 N–H and O–H groups in total. The zero-order chi connectivity index (χ0) is 21.9. The first-order chi connectivity index (χ1) is 14.5. The number of halogens is 2. The van der Waals surface area contributed by atoms with Crippen LogP contribution in [0.2, 0.25) is 0 Å². The van der Waals surface area contributed by atoms with E-state index in [-0.39, 0.29) is 13.1 Å². The summed E-state index contributed by atoms with van der Waals surface area (Å²) in [6.45, 7) is 8.45. The molecular formula is C24H26Cl2FeN2O. The molecule has 0 saturated carbocycles. The van der Waals surface area contributed by atoms with Crippen LogP contribution in [0, 0.1) is 13.8 Å². The first-order valence-corrected chi connectivity index (χ1v) is 12.8. The molecule has 3 rings (SSSR count). The van der Waals surface area contributed by atoms with E-state index >= 15 is 0 Å².